The zero-order valence-electron chi connectivity index (χ0n) is 25.2. The van der Waals surface area contributed by atoms with Gasteiger partial charge in [0.15, 0.2) is 11.5 Å². The average Bonchev–Trinajstić information content (AvgIpc) is 2.82. The van der Waals surface area contributed by atoms with Gasteiger partial charge in [-0.05, 0) is 55.2 Å². The quantitative estimate of drug-likeness (QED) is 0.198. The van der Waals surface area contributed by atoms with Crippen LogP contribution in [-0.4, -0.2) is 55.7 Å². The summed E-state index contributed by atoms with van der Waals surface area (Å²) in [5.41, 5.74) is 5.99. The van der Waals surface area contributed by atoms with Gasteiger partial charge in [0, 0.05) is 6.42 Å². The lowest BCUT2D eigenvalue weighted by Crippen LogP contribution is -2.39. The van der Waals surface area contributed by atoms with Crippen molar-refractivity contribution in [1.82, 2.24) is 0 Å². The molecule has 0 bridgehead atoms. The zero-order valence-corrected chi connectivity index (χ0v) is 25.2. The van der Waals surface area contributed by atoms with Crippen LogP contribution < -0.4 is 15.2 Å². The van der Waals surface area contributed by atoms with Gasteiger partial charge >= 0.3 is 24.2 Å². The summed E-state index contributed by atoms with van der Waals surface area (Å²) in [4.78, 5) is 48.9. The Bertz CT molecular complexity index is 1010. The number of rotatable bonds is 12. The molecular weight excluding hydrogens is 522 g/mol. The SMILES string of the molecule is CCCC(=O)O[C@@H](C)[C@H](C)OC(=O)[C@@H](N)Cc1ccc(OC(=O)OCC(C)(C)C)c(OC(=O)OCC(C)(C)C)c1. The molecule has 226 valence electrons. The average molecular weight is 568 g/mol. The molecule has 3 atom stereocenters. The van der Waals surface area contributed by atoms with E-state index < -0.39 is 36.5 Å². The van der Waals surface area contributed by atoms with Crippen LogP contribution in [0, 0.1) is 10.8 Å². The van der Waals surface area contributed by atoms with Gasteiger partial charge in [0.2, 0.25) is 0 Å². The monoisotopic (exact) mass is 567 g/mol. The van der Waals surface area contributed by atoms with Crippen molar-refractivity contribution in [3.8, 4) is 11.5 Å². The summed E-state index contributed by atoms with van der Waals surface area (Å²) in [6, 6.07) is 3.29. The van der Waals surface area contributed by atoms with E-state index in [1.807, 2.05) is 48.5 Å². The van der Waals surface area contributed by atoms with E-state index in [2.05, 4.69) is 0 Å². The number of carbonyl (C=O) groups is 4. The highest BCUT2D eigenvalue weighted by molar-refractivity contribution is 5.76. The molecule has 0 saturated carbocycles. The number of benzene rings is 1. The van der Waals surface area contributed by atoms with Crippen molar-refractivity contribution in [2.75, 3.05) is 13.2 Å². The molecule has 0 aliphatic heterocycles. The van der Waals surface area contributed by atoms with Gasteiger partial charge < -0.3 is 34.2 Å². The number of hydrogen-bond acceptors (Lipinski definition) is 11. The highest BCUT2D eigenvalue weighted by Gasteiger charge is 2.25. The van der Waals surface area contributed by atoms with Crippen molar-refractivity contribution < 1.29 is 47.6 Å². The maximum absolute atomic E-state index is 12.6. The topological polar surface area (TPSA) is 150 Å². The van der Waals surface area contributed by atoms with Crippen LogP contribution in [-0.2, 0) is 35.0 Å². The lowest BCUT2D eigenvalue weighted by Gasteiger charge is -2.22. The first-order valence-electron chi connectivity index (χ1n) is 13.4. The lowest BCUT2D eigenvalue weighted by molar-refractivity contribution is -0.166. The van der Waals surface area contributed by atoms with Crippen LogP contribution in [0.1, 0.15) is 80.7 Å². The Morgan fingerprint density at radius 2 is 1.30 bits per heavy atom. The molecule has 0 heterocycles. The molecule has 11 nitrogen and oxygen atoms in total. The highest BCUT2D eigenvalue weighted by Crippen LogP contribution is 2.30. The Hall–Kier alpha value is -3.34. The highest BCUT2D eigenvalue weighted by atomic mass is 16.7. The molecule has 0 unspecified atom stereocenters. The molecular formula is C29H45NO10. The van der Waals surface area contributed by atoms with E-state index in [1.165, 1.54) is 12.1 Å². The Morgan fingerprint density at radius 3 is 1.80 bits per heavy atom. The van der Waals surface area contributed by atoms with E-state index in [0.29, 0.717) is 12.0 Å². The predicted molar refractivity (Wildman–Crippen MR) is 147 cm³/mol. The van der Waals surface area contributed by atoms with Crippen LogP contribution in [0.4, 0.5) is 9.59 Å². The third-order valence-electron chi connectivity index (χ3n) is 5.13. The van der Waals surface area contributed by atoms with E-state index in [0.717, 1.165) is 0 Å². The molecule has 0 spiro atoms. The molecule has 0 fully saturated rings. The lowest BCUT2D eigenvalue weighted by atomic mass is 9.99. The fraction of sp³-hybridized carbons (Fsp3) is 0.655. The number of nitrogens with two attached hydrogens (primary N) is 1. The second-order valence-corrected chi connectivity index (χ2v) is 12.1. The summed E-state index contributed by atoms with van der Waals surface area (Å²) in [7, 11) is 0. The molecule has 11 heteroatoms. The fourth-order valence-electron chi connectivity index (χ4n) is 2.90. The normalized spacial score (nSPS) is 13.8. The Balaban J connectivity index is 2.98. The van der Waals surface area contributed by atoms with E-state index >= 15 is 0 Å². The fourth-order valence-corrected chi connectivity index (χ4v) is 2.90. The number of ether oxygens (including phenoxy) is 6. The predicted octanol–water partition coefficient (Wildman–Crippen LogP) is 5.34. The minimum atomic E-state index is -1.08. The first kappa shape index (κ1) is 34.7. The van der Waals surface area contributed by atoms with Crippen molar-refractivity contribution in [1.29, 1.82) is 0 Å². The van der Waals surface area contributed by atoms with Crippen LogP contribution in [0.3, 0.4) is 0 Å². The van der Waals surface area contributed by atoms with Gasteiger partial charge in [0.25, 0.3) is 0 Å². The molecule has 40 heavy (non-hydrogen) atoms. The van der Waals surface area contributed by atoms with Crippen LogP contribution >= 0.6 is 0 Å². The molecule has 0 aliphatic rings. The summed E-state index contributed by atoms with van der Waals surface area (Å²) in [6.45, 7) is 16.6. The zero-order chi connectivity index (χ0) is 30.7. The van der Waals surface area contributed by atoms with Gasteiger partial charge in [-0.1, -0.05) is 54.5 Å². The second-order valence-electron chi connectivity index (χ2n) is 12.1. The minimum Gasteiger partial charge on any atom is -0.459 e. The molecule has 0 aromatic heterocycles. The number of hydrogen-bond donors (Lipinski definition) is 1. The second kappa shape index (κ2) is 15.4. The van der Waals surface area contributed by atoms with E-state index in [4.69, 9.17) is 34.2 Å². The van der Waals surface area contributed by atoms with Crippen LogP contribution in [0.2, 0.25) is 0 Å². The number of carbonyl (C=O) groups excluding carboxylic acids is 4. The van der Waals surface area contributed by atoms with Crippen LogP contribution in [0.25, 0.3) is 0 Å². The van der Waals surface area contributed by atoms with E-state index in [1.54, 1.807) is 19.9 Å². The molecule has 1 rings (SSSR count). The van der Waals surface area contributed by atoms with Crippen molar-refractivity contribution in [2.45, 2.75) is 99.8 Å². The van der Waals surface area contributed by atoms with Gasteiger partial charge in [-0.25, -0.2) is 9.59 Å². The van der Waals surface area contributed by atoms with Crippen molar-refractivity contribution in [3.05, 3.63) is 23.8 Å². The Labute approximate surface area is 236 Å². The third kappa shape index (κ3) is 14.2. The summed E-state index contributed by atoms with van der Waals surface area (Å²) in [5.74, 6) is -1.28. The maximum atomic E-state index is 12.6. The molecule has 0 aliphatic carbocycles. The third-order valence-corrected chi connectivity index (χ3v) is 5.13. The summed E-state index contributed by atoms with van der Waals surface area (Å²) < 4.78 is 31.5. The molecule has 2 N–H and O–H groups in total. The first-order valence-corrected chi connectivity index (χ1v) is 13.4. The van der Waals surface area contributed by atoms with Gasteiger partial charge in [0.1, 0.15) is 18.2 Å². The summed E-state index contributed by atoms with van der Waals surface area (Å²) in [6.07, 6.45) is -2.41. The van der Waals surface area contributed by atoms with E-state index in [-0.39, 0.29) is 54.4 Å². The van der Waals surface area contributed by atoms with E-state index in [9.17, 15) is 19.2 Å². The Kier molecular flexibility index (Phi) is 13.4. The van der Waals surface area contributed by atoms with Gasteiger partial charge in [-0.15, -0.1) is 0 Å². The maximum Gasteiger partial charge on any atom is 0.513 e. The standard InChI is InChI=1S/C29H45NO10/c1-10-11-24(31)37-18(2)19(3)38-25(32)21(30)14-20-12-13-22(39-26(33)35-16-28(4,5)6)23(15-20)40-27(34)36-17-29(7,8)9/h12-13,15,18-19,21H,10-11,14,16-17,30H2,1-9H3/t18-,19-,21-/m0/s1. The van der Waals surface area contributed by atoms with Crippen LogP contribution in [0.15, 0.2) is 18.2 Å². The number of esters is 2. The van der Waals surface area contributed by atoms with Crippen molar-refractivity contribution >= 4 is 24.2 Å². The van der Waals surface area contributed by atoms with Gasteiger partial charge in [-0.2, -0.15) is 0 Å². The van der Waals surface area contributed by atoms with Crippen molar-refractivity contribution in [2.24, 2.45) is 16.6 Å². The smallest absolute Gasteiger partial charge is 0.459 e. The molecule has 0 radical (unpaired) electrons. The van der Waals surface area contributed by atoms with Crippen LogP contribution in [0.5, 0.6) is 11.5 Å². The largest absolute Gasteiger partial charge is 0.513 e. The van der Waals surface area contributed by atoms with Gasteiger partial charge in [-0.3, -0.25) is 9.59 Å². The summed E-state index contributed by atoms with van der Waals surface area (Å²) in [5, 5.41) is 0. The minimum absolute atomic E-state index is 0.0116. The van der Waals surface area contributed by atoms with Gasteiger partial charge in [0.05, 0.1) is 13.2 Å². The molecule has 0 amide bonds. The first-order chi connectivity index (χ1) is 18.4. The Morgan fingerprint density at radius 1 is 0.800 bits per heavy atom. The molecule has 1 aromatic carbocycles. The molecule has 0 saturated heterocycles. The molecule has 1 aromatic rings. The summed E-state index contributed by atoms with van der Waals surface area (Å²) >= 11 is 0. The van der Waals surface area contributed by atoms with Crippen molar-refractivity contribution in [3.63, 3.8) is 0 Å².